The van der Waals surface area contributed by atoms with Gasteiger partial charge < -0.3 is 5.73 Å². The third-order valence-corrected chi connectivity index (χ3v) is 2.98. The Balaban J connectivity index is 2.12. The van der Waals surface area contributed by atoms with Crippen molar-refractivity contribution in [3.63, 3.8) is 0 Å². The van der Waals surface area contributed by atoms with Crippen LogP contribution < -0.4 is 5.73 Å². The van der Waals surface area contributed by atoms with Gasteiger partial charge in [-0.1, -0.05) is 19.1 Å². The van der Waals surface area contributed by atoms with Crippen molar-refractivity contribution in [1.29, 1.82) is 0 Å². The summed E-state index contributed by atoms with van der Waals surface area (Å²) in [6.07, 6.45) is 3.75. The number of likely N-dealkylation sites (N-methyl/N-ethyl adjacent to an activating group) is 1. The van der Waals surface area contributed by atoms with E-state index in [2.05, 4.69) is 41.2 Å². The Morgan fingerprint density at radius 2 is 2.22 bits per heavy atom. The zero-order valence-corrected chi connectivity index (χ0v) is 10.8. The molecule has 4 heteroatoms. The van der Waals surface area contributed by atoms with Crippen LogP contribution in [0.15, 0.2) is 42.7 Å². The van der Waals surface area contributed by atoms with Crippen molar-refractivity contribution in [1.82, 2.24) is 14.7 Å². The molecule has 0 amide bonds. The van der Waals surface area contributed by atoms with E-state index in [0.29, 0.717) is 6.54 Å². The molecule has 2 aromatic rings. The first kappa shape index (κ1) is 12.8. The maximum atomic E-state index is 5.61. The van der Waals surface area contributed by atoms with Gasteiger partial charge in [-0.25, -0.2) is 4.68 Å². The quantitative estimate of drug-likeness (QED) is 0.840. The van der Waals surface area contributed by atoms with Gasteiger partial charge in [0.05, 0.1) is 5.69 Å². The third-order valence-electron chi connectivity index (χ3n) is 2.98. The average molecular weight is 244 g/mol. The summed E-state index contributed by atoms with van der Waals surface area (Å²) >= 11 is 0. The third kappa shape index (κ3) is 3.18. The van der Waals surface area contributed by atoms with Crippen molar-refractivity contribution in [2.24, 2.45) is 5.73 Å². The predicted molar refractivity (Wildman–Crippen MR) is 73.6 cm³/mol. The van der Waals surface area contributed by atoms with E-state index in [-0.39, 0.29) is 0 Å². The predicted octanol–water partition coefficient (Wildman–Crippen LogP) is 1.65. The van der Waals surface area contributed by atoms with Crippen molar-refractivity contribution in [2.75, 3.05) is 19.6 Å². The highest BCUT2D eigenvalue weighted by Crippen LogP contribution is 2.11. The van der Waals surface area contributed by atoms with Gasteiger partial charge in [-0.15, -0.1) is 0 Å². The molecule has 1 aromatic carbocycles. The largest absolute Gasteiger partial charge is 0.329 e. The Morgan fingerprint density at radius 3 is 2.89 bits per heavy atom. The van der Waals surface area contributed by atoms with Crippen molar-refractivity contribution < 1.29 is 0 Å². The molecule has 0 unspecified atom stereocenters. The normalized spacial score (nSPS) is 11.1. The molecule has 0 fully saturated rings. The summed E-state index contributed by atoms with van der Waals surface area (Å²) in [7, 11) is 0. The Morgan fingerprint density at radius 1 is 1.33 bits per heavy atom. The molecule has 1 aromatic heterocycles. The molecule has 0 aliphatic heterocycles. The summed E-state index contributed by atoms with van der Waals surface area (Å²) in [5, 5.41) is 4.25. The molecule has 0 spiro atoms. The summed E-state index contributed by atoms with van der Waals surface area (Å²) in [4.78, 5) is 2.34. The molecule has 18 heavy (non-hydrogen) atoms. The Hall–Kier alpha value is -1.65. The zero-order chi connectivity index (χ0) is 12.8. The zero-order valence-electron chi connectivity index (χ0n) is 10.8. The molecule has 0 aliphatic carbocycles. The number of aromatic nitrogens is 2. The van der Waals surface area contributed by atoms with Crippen molar-refractivity contribution >= 4 is 0 Å². The molecule has 4 nitrogen and oxygen atoms in total. The van der Waals surface area contributed by atoms with Crippen LogP contribution in [0, 0.1) is 0 Å². The van der Waals surface area contributed by atoms with Gasteiger partial charge in [-0.2, -0.15) is 5.10 Å². The average Bonchev–Trinajstić information content (AvgIpc) is 2.92. The summed E-state index contributed by atoms with van der Waals surface area (Å²) in [6, 6.07) is 10.4. The van der Waals surface area contributed by atoms with Gasteiger partial charge in [0, 0.05) is 32.0 Å². The minimum atomic E-state index is 0.701. The fourth-order valence-corrected chi connectivity index (χ4v) is 2.01. The second kappa shape index (κ2) is 6.33. The second-order valence-corrected chi connectivity index (χ2v) is 4.28. The second-order valence-electron chi connectivity index (χ2n) is 4.28. The van der Waals surface area contributed by atoms with Crippen molar-refractivity contribution in [2.45, 2.75) is 13.5 Å². The van der Waals surface area contributed by atoms with E-state index in [4.69, 9.17) is 5.73 Å². The summed E-state index contributed by atoms with van der Waals surface area (Å²) in [5.41, 5.74) is 8.00. The number of nitrogens with zero attached hydrogens (tertiary/aromatic N) is 3. The molecule has 0 saturated heterocycles. The van der Waals surface area contributed by atoms with Crippen molar-refractivity contribution in [3.8, 4) is 5.69 Å². The number of benzene rings is 1. The van der Waals surface area contributed by atoms with Crippen LogP contribution in [-0.2, 0) is 6.54 Å². The number of hydrogen-bond donors (Lipinski definition) is 1. The SMILES string of the molecule is CCN(CCN)Cc1cccc(-n2cccn2)c1. The fourth-order valence-electron chi connectivity index (χ4n) is 2.01. The molecular formula is C14H20N4. The lowest BCUT2D eigenvalue weighted by Gasteiger charge is -2.19. The van der Waals surface area contributed by atoms with E-state index >= 15 is 0 Å². The van der Waals surface area contributed by atoms with Gasteiger partial charge in [0.25, 0.3) is 0 Å². The molecule has 1 heterocycles. The Bertz CT molecular complexity index is 464. The minimum absolute atomic E-state index is 0.701. The fraction of sp³-hybridized carbons (Fsp3) is 0.357. The first-order chi connectivity index (χ1) is 8.83. The smallest absolute Gasteiger partial charge is 0.0648 e. The van der Waals surface area contributed by atoms with E-state index < -0.39 is 0 Å². The van der Waals surface area contributed by atoms with Gasteiger partial charge in [0.1, 0.15) is 0 Å². The first-order valence-corrected chi connectivity index (χ1v) is 6.35. The molecule has 0 saturated carbocycles. The molecule has 0 bridgehead atoms. The van der Waals surface area contributed by atoms with E-state index in [1.54, 1.807) is 6.20 Å². The van der Waals surface area contributed by atoms with Gasteiger partial charge in [0.15, 0.2) is 0 Å². The molecule has 0 radical (unpaired) electrons. The van der Waals surface area contributed by atoms with Crippen LogP contribution in [0.5, 0.6) is 0 Å². The van der Waals surface area contributed by atoms with Crippen LogP contribution in [-0.4, -0.2) is 34.3 Å². The standard InChI is InChI=1S/C14H20N4/c1-2-17(10-7-15)12-13-5-3-6-14(11-13)18-9-4-8-16-18/h3-6,8-9,11H,2,7,10,12,15H2,1H3. The van der Waals surface area contributed by atoms with Gasteiger partial charge in [0.2, 0.25) is 0 Å². The molecule has 96 valence electrons. The Labute approximate surface area is 108 Å². The topological polar surface area (TPSA) is 47.1 Å². The van der Waals surface area contributed by atoms with Crippen LogP contribution in [0.25, 0.3) is 5.69 Å². The van der Waals surface area contributed by atoms with Crippen LogP contribution in [0.2, 0.25) is 0 Å². The molecule has 0 aliphatic rings. The van der Waals surface area contributed by atoms with E-state index in [1.807, 2.05) is 16.9 Å². The Kier molecular flexibility index (Phi) is 4.50. The van der Waals surface area contributed by atoms with Crippen LogP contribution >= 0.6 is 0 Å². The highest BCUT2D eigenvalue weighted by Gasteiger charge is 2.04. The summed E-state index contributed by atoms with van der Waals surface area (Å²) < 4.78 is 1.88. The lowest BCUT2D eigenvalue weighted by atomic mass is 10.2. The lowest BCUT2D eigenvalue weighted by molar-refractivity contribution is 0.288. The van der Waals surface area contributed by atoms with E-state index in [9.17, 15) is 0 Å². The maximum absolute atomic E-state index is 5.61. The first-order valence-electron chi connectivity index (χ1n) is 6.35. The van der Waals surface area contributed by atoms with Gasteiger partial charge in [-0.3, -0.25) is 4.90 Å². The molecule has 2 N–H and O–H groups in total. The van der Waals surface area contributed by atoms with Gasteiger partial charge >= 0.3 is 0 Å². The highest BCUT2D eigenvalue weighted by atomic mass is 15.3. The van der Waals surface area contributed by atoms with E-state index in [0.717, 1.165) is 25.3 Å². The molecular weight excluding hydrogens is 224 g/mol. The minimum Gasteiger partial charge on any atom is -0.329 e. The lowest BCUT2D eigenvalue weighted by Crippen LogP contribution is -2.28. The summed E-state index contributed by atoms with van der Waals surface area (Å²) in [6.45, 7) is 5.74. The van der Waals surface area contributed by atoms with Crippen molar-refractivity contribution in [3.05, 3.63) is 48.3 Å². The molecule has 0 atom stereocenters. The van der Waals surface area contributed by atoms with Crippen LogP contribution in [0.1, 0.15) is 12.5 Å². The van der Waals surface area contributed by atoms with Crippen LogP contribution in [0.4, 0.5) is 0 Å². The van der Waals surface area contributed by atoms with Gasteiger partial charge in [-0.05, 0) is 30.3 Å². The highest BCUT2D eigenvalue weighted by molar-refractivity contribution is 5.34. The maximum Gasteiger partial charge on any atom is 0.0648 e. The number of hydrogen-bond acceptors (Lipinski definition) is 3. The van der Waals surface area contributed by atoms with Crippen LogP contribution in [0.3, 0.4) is 0 Å². The monoisotopic (exact) mass is 244 g/mol. The van der Waals surface area contributed by atoms with E-state index in [1.165, 1.54) is 5.56 Å². The number of rotatable bonds is 6. The molecule has 2 rings (SSSR count). The summed E-state index contributed by atoms with van der Waals surface area (Å²) in [5.74, 6) is 0. The number of nitrogens with two attached hydrogens (primary N) is 1.